The van der Waals surface area contributed by atoms with Gasteiger partial charge in [-0.3, -0.25) is 9.97 Å². The monoisotopic (exact) mass is 370 g/mol. The van der Waals surface area contributed by atoms with Crippen molar-refractivity contribution in [2.24, 2.45) is 0 Å². The molecule has 8 heteroatoms. The predicted molar refractivity (Wildman–Crippen MR) is 93.0 cm³/mol. The normalized spacial score (nSPS) is 11.7. The second-order valence-corrected chi connectivity index (χ2v) is 5.87. The Balaban J connectivity index is 1.69. The molecule has 4 rings (SSSR count). The third kappa shape index (κ3) is 3.89. The second-order valence-electron chi connectivity index (χ2n) is 5.87. The van der Waals surface area contributed by atoms with Gasteiger partial charge in [-0.1, -0.05) is 18.2 Å². The zero-order valence-corrected chi connectivity index (χ0v) is 13.9. The number of pyridine rings is 2. The lowest BCUT2D eigenvalue weighted by Crippen LogP contribution is -2.17. The van der Waals surface area contributed by atoms with Crippen LogP contribution in [0.1, 0.15) is 5.56 Å². The number of halogens is 3. The summed E-state index contributed by atoms with van der Waals surface area (Å²) in [5.41, 5.74) is 3.59. The molecule has 0 fully saturated rings. The van der Waals surface area contributed by atoms with Gasteiger partial charge in [0.1, 0.15) is 11.3 Å². The van der Waals surface area contributed by atoms with Crippen LogP contribution in [0.25, 0.3) is 22.3 Å². The molecule has 0 unspecified atom stereocenters. The van der Waals surface area contributed by atoms with Crippen molar-refractivity contribution in [1.29, 1.82) is 0 Å². The maximum atomic E-state index is 12.4. The molecule has 0 saturated heterocycles. The molecule has 0 amide bonds. The van der Waals surface area contributed by atoms with Crippen molar-refractivity contribution < 1.29 is 17.9 Å². The largest absolute Gasteiger partial charge is 0.573 e. The highest BCUT2D eigenvalue weighted by Gasteiger charge is 2.31. The Kier molecular flexibility index (Phi) is 4.23. The summed E-state index contributed by atoms with van der Waals surface area (Å²) in [4.78, 5) is 12.7. The molecule has 0 atom stereocenters. The number of fused-ring (bicyclic) bond motifs is 1. The van der Waals surface area contributed by atoms with Crippen LogP contribution in [0.3, 0.4) is 0 Å². The Morgan fingerprint density at radius 2 is 1.89 bits per heavy atom. The number of aromatic nitrogens is 4. The van der Waals surface area contributed by atoms with Crippen LogP contribution in [-0.2, 0) is 6.54 Å². The SMILES string of the molecule is FC(F)(F)Oc1cccc(-c2cc3c(cn2)ncn3Cc2cccnc2)c1. The van der Waals surface area contributed by atoms with E-state index < -0.39 is 6.36 Å². The van der Waals surface area contributed by atoms with Crippen molar-refractivity contribution in [1.82, 2.24) is 19.5 Å². The van der Waals surface area contributed by atoms with Crippen molar-refractivity contribution in [3.05, 3.63) is 72.9 Å². The molecule has 3 heterocycles. The van der Waals surface area contributed by atoms with Crippen molar-refractivity contribution in [2.45, 2.75) is 12.9 Å². The van der Waals surface area contributed by atoms with E-state index in [-0.39, 0.29) is 5.75 Å². The fourth-order valence-corrected chi connectivity index (χ4v) is 2.79. The molecule has 0 aliphatic carbocycles. The van der Waals surface area contributed by atoms with E-state index >= 15 is 0 Å². The van der Waals surface area contributed by atoms with Crippen LogP contribution in [0.2, 0.25) is 0 Å². The topological polar surface area (TPSA) is 52.8 Å². The highest BCUT2D eigenvalue weighted by molar-refractivity contribution is 5.79. The summed E-state index contributed by atoms with van der Waals surface area (Å²) in [6.45, 7) is 0.574. The van der Waals surface area contributed by atoms with Crippen LogP contribution in [0.5, 0.6) is 5.75 Å². The Labute approximate surface area is 152 Å². The molecular formula is C19H13F3N4O. The first-order chi connectivity index (χ1) is 13.0. The van der Waals surface area contributed by atoms with Gasteiger partial charge in [0.25, 0.3) is 0 Å². The van der Waals surface area contributed by atoms with E-state index in [1.54, 1.807) is 37.1 Å². The van der Waals surface area contributed by atoms with E-state index in [4.69, 9.17) is 0 Å². The minimum absolute atomic E-state index is 0.286. The number of imidazole rings is 1. The van der Waals surface area contributed by atoms with Gasteiger partial charge >= 0.3 is 6.36 Å². The Morgan fingerprint density at radius 1 is 1.00 bits per heavy atom. The van der Waals surface area contributed by atoms with Crippen molar-refractivity contribution >= 4 is 11.0 Å². The molecule has 27 heavy (non-hydrogen) atoms. The third-order valence-corrected chi connectivity index (χ3v) is 3.95. The van der Waals surface area contributed by atoms with E-state index in [1.165, 1.54) is 18.2 Å². The molecule has 5 nitrogen and oxygen atoms in total. The highest BCUT2D eigenvalue weighted by Crippen LogP contribution is 2.28. The molecule has 0 aliphatic heterocycles. The summed E-state index contributed by atoms with van der Waals surface area (Å²) in [6, 6.07) is 11.3. The zero-order chi connectivity index (χ0) is 18.9. The van der Waals surface area contributed by atoms with Gasteiger partial charge in [-0.05, 0) is 29.8 Å². The quantitative estimate of drug-likeness (QED) is 0.533. The molecule has 0 N–H and O–H groups in total. The third-order valence-electron chi connectivity index (χ3n) is 3.95. The standard InChI is InChI=1S/C19H13F3N4O/c20-19(21,22)27-15-5-1-4-14(7-15)16-8-18-17(10-24-16)25-12-26(18)11-13-3-2-6-23-9-13/h1-10,12H,11H2. The summed E-state index contributed by atoms with van der Waals surface area (Å²) in [7, 11) is 0. The van der Waals surface area contributed by atoms with E-state index in [2.05, 4.69) is 19.7 Å². The van der Waals surface area contributed by atoms with Crippen LogP contribution in [0, 0.1) is 0 Å². The van der Waals surface area contributed by atoms with Gasteiger partial charge in [0, 0.05) is 18.0 Å². The fourth-order valence-electron chi connectivity index (χ4n) is 2.79. The molecule has 0 saturated carbocycles. The number of hydrogen-bond acceptors (Lipinski definition) is 4. The fraction of sp³-hybridized carbons (Fsp3) is 0.105. The maximum absolute atomic E-state index is 12.4. The average molecular weight is 370 g/mol. The smallest absolute Gasteiger partial charge is 0.406 e. The van der Waals surface area contributed by atoms with Gasteiger partial charge < -0.3 is 9.30 Å². The second kappa shape index (κ2) is 6.71. The van der Waals surface area contributed by atoms with E-state index in [9.17, 15) is 13.2 Å². The molecule has 0 spiro atoms. The van der Waals surface area contributed by atoms with E-state index in [0.717, 1.165) is 11.1 Å². The molecule has 0 radical (unpaired) electrons. The first-order valence-electron chi connectivity index (χ1n) is 8.04. The summed E-state index contributed by atoms with van der Waals surface area (Å²) in [5.74, 6) is -0.286. The molecule has 1 aromatic carbocycles. The Hall–Kier alpha value is -3.42. The van der Waals surface area contributed by atoms with Gasteiger partial charge in [0.2, 0.25) is 0 Å². The number of alkyl halides is 3. The van der Waals surface area contributed by atoms with Crippen molar-refractivity contribution in [3.63, 3.8) is 0 Å². The van der Waals surface area contributed by atoms with Gasteiger partial charge in [-0.15, -0.1) is 13.2 Å². The number of hydrogen-bond donors (Lipinski definition) is 0. The number of rotatable bonds is 4. The van der Waals surface area contributed by atoms with Gasteiger partial charge in [0.15, 0.2) is 0 Å². The van der Waals surface area contributed by atoms with Crippen LogP contribution < -0.4 is 4.74 Å². The van der Waals surface area contributed by atoms with Crippen LogP contribution in [0.4, 0.5) is 13.2 Å². The lowest BCUT2D eigenvalue weighted by Gasteiger charge is -2.10. The van der Waals surface area contributed by atoms with E-state index in [0.29, 0.717) is 23.3 Å². The first-order valence-corrected chi connectivity index (χ1v) is 8.04. The van der Waals surface area contributed by atoms with Crippen LogP contribution in [0.15, 0.2) is 67.4 Å². The zero-order valence-electron chi connectivity index (χ0n) is 13.9. The van der Waals surface area contributed by atoms with Gasteiger partial charge in [0.05, 0.1) is 30.3 Å². The summed E-state index contributed by atoms with van der Waals surface area (Å²) in [5, 5.41) is 0. The van der Waals surface area contributed by atoms with Crippen molar-refractivity contribution in [2.75, 3.05) is 0 Å². The minimum atomic E-state index is -4.74. The van der Waals surface area contributed by atoms with Crippen LogP contribution >= 0.6 is 0 Å². The summed E-state index contributed by atoms with van der Waals surface area (Å²) in [6.07, 6.45) is 2.03. The first kappa shape index (κ1) is 17.0. The average Bonchev–Trinajstić information content (AvgIpc) is 3.03. The summed E-state index contributed by atoms with van der Waals surface area (Å²) >= 11 is 0. The number of nitrogens with zero attached hydrogens (tertiary/aromatic N) is 4. The number of ether oxygens (including phenoxy) is 1. The molecular weight excluding hydrogens is 357 g/mol. The Morgan fingerprint density at radius 3 is 2.67 bits per heavy atom. The highest BCUT2D eigenvalue weighted by atomic mass is 19.4. The molecule has 136 valence electrons. The maximum Gasteiger partial charge on any atom is 0.573 e. The number of benzene rings is 1. The summed E-state index contributed by atoms with van der Waals surface area (Å²) < 4.78 is 43.3. The molecule has 3 aromatic heterocycles. The predicted octanol–water partition coefficient (Wildman–Crippen LogP) is 4.44. The van der Waals surface area contributed by atoms with Gasteiger partial charge in [-0.25, -0.2) is 4.98 Å². The lowest BCUT2D eigenvalue weighted by molar-refractivity contribution is -0.274. The van der Waals surface area contributed by atoms with Crippen LogP contribution in [-0.4, -0.2) is 25.9 Å². The molecule has 4 aromatic rings. The minimum Gasteiger partial charge on any atom is -0.406 e. The molecule has 0 bridgehead atoms. The lowest BCUT2D eigenvalue weighted by atomic mass is 10.1. The van der Waals surface area contributed by atoms with Crippen molar-refractivity contribution in [3.8, 4) is 17.0 Å². The van der Waals surface area contributed by atoms with E-state index in [1.807, 2.05) is 16.7 Å². The van der Waals surface area contributed by atoms with Gasteiger partial charge in [-0.2, -0.15) is 0 Å². The Bertz CT molecular complexity index is 1080. The molecule has 0 aliphatic rings.